The third kappa shape index (κ3) is 4.40. The molecule has 1 fully saturated rings. The molecular weight excluding hydrogens is 372 g/mol. The van der Waals surface area contributed by atoms with Crippen molar-refractivity contribution < 1.29 is 0 Å². The predicted molar refractivity (Wildman–Crippen MR) is 124 cm³/mol. The van der Waals surface area contributed by atoms with Crippen LogP contribution in [-0.2, 0) is 0 Å². The third-order valence-electron chi connectivity index (χ3n) is 6.06. The molecule has 0 spiro atoms. The number of aliphatic imine (C=N–C) groups is 1. The van der Waals surface area contributed by atoms with Gasteiger partial charge in [-0.3, -0.25) is 4.90 Å². The number of benzene rings is 1. The first-order valence-electron chi connectivity index (χ1n) is 10.8. The molecular formula is C24H32N6. The molecule has 0 amide bonds. The van der Waals surface area contributed by atoms with Gasteiger partial charge in [0.2, 0.25) is 0 Å². The topological polar surface area (TPSA) is 80.7 Å². The second kappa shape index (κ2) is 8.98. The molecule has 0 bridgehead atoms. The Morgan fingerprint density at radius 3 is 2.67 bits per heavy atom. The van der Waals surface area contributed by atoms with Gasteiger partial charge in [-0.15, -0.1) is 0 Å². The van der Waals surface area contributed by atoms with Crippen LogP contribution in [0.15, 0.2) is 65.0 Å². The van der Waals surface area contributed by atoms with Crippen LogP contribution in [0.1, 0.15) is 30.4 Å². The van der Waals surface area contributed by atoms with Gasteiger partial charge in [-0.2, -0.15) is 0 Å². The summed E-state index contributed by atoms with van der Waals surface area (Å²) in [4.78, 5) is 9.90. The van der Waals surface area contributed by atoms with Gasteiger partial charge >= 0.3 is 0 Å². The Bertz CT molecular complexity index is 885. The van der Waals surface area contributed by atoms with Crippen LogP contribution in [-0.4, -0.2) is 60.2 Å². The number of hydrogen-bond donors (Lipinski definition) is 3. The van der Waals surface area contributed by atoms with Crippen LogP contribution >= 0.6 is 0 Å². The molecule has 0 aliphatic carbocycles. The normalized spacial score (nSPS) is 25.3. The van der Waals surface area contributed by atoms with E-state index >= 15 is 0 Å². The minimum absolute atomic E-state index is 0.0128. The molecule has 3 heterocycles. The number of nitrogens with two attached hydrogens (primary N) is 1. The summed E-state index contributed by atoms with van der Waals surface area (Å²) in [6.07, 6.45) is 12.7. The number of piperidine rings is 1. The number of aryl methyl sites for hydroxylation is 1. The molecule has 2 unspecified atom stereocenters. The van der Waals surface area contributed by atoms with Gasteiger partial charge in [0.25, 0.3) is 0 Å². The number of nitrogens with one attached hydrogen (secondary N) is 2. The van der Waals surface area contributed by atoms with E-state index in [1.807, 2.05) is 6.20 Å². The zero-order valence-corrected chi connectivity index (χ0v) is 17.9. The number of likely N-dealkylation sites (tertiary alicyclic amines) is 1. The maximum atomic E-state index is 7.45. The molecule has 4 rings (SSSR count). The lowest BCUT2D eigenvalue weighted by molar-refractivity contribution is 0.0733. The van der Waals surface area contributed by atoms with E-state index in [0.29, 0.717) is 12.5 Å². The smallest absolute Gasteiger partial charge is 0.178 e. The molecule has 0 aromatic heterocycles. The molecule has 2 atom stereocenters. The Morgan fingerprint density at radius 2 is 1.97 bits per heavy atom. The van der Waals surface area contributed by atoms with Crippen molar-refractivity contribution in [3.63, 3.8) is 0 Å². The second-order valence-electron chi connectivity index (χ2n) is 8.44. The Balaban J connectivity index is 1.70. The van der Waals surface area contributed by atoms with E-state index < -0.39 is 0 Å². The van der Waals surface area contributed by atoms with E-state index in [1.54, 1.807) is 0 Å². The summed E-state index contributed by atoms with van der Waals surface area (Å²) in [5, 5.41) is 10.8. The van der Waals surface area contributed by atoms with Gasteiger partial charge in [0.05, 0.1) is 5.71 Å². The van der Waals surface area contributed by atoms with Crippen molar-refractivity contribution in [1.29, 1.82) is 5.41 Å². The third-order valence-corrected chi connectivity index (χ3v) is 6.06. The molecule has 0 saturated carbocycles. The minimum Gasteiger partial charge on any atom is -0.384 e. The highest BCUT2D eigenvalue weighted by Crippen LogP contribution is 2.28. The van der Waals surface area contributed by atoms with E-state index in [-0.39, 0.29) is 12.3 Å². The van der Waals surface area contributed by atoms with Crippen molar-refractivity contribution in [2.75, 3.05) is 20.1 Å². The van der Waals surface area contributed by atoms with Crippen LogP contribution in [0.3, 0.4) is 0 Å². The van der Waals surface area contributed by atoms with Gasteiger partial charge in [-0.05, 0) is 43.8 Å². The fourth-order valence-corrected chi connectivity index (χ4v) is 4.27. The van der Waals surface area contributed by atoms with Gasteiger partial charge in [0.15, 0.2) is 6.29 Å². The Hall–Kier alpha value is -2.70. The molecule has 158 valence electrons. The zero-order valence-electron chi connectivity index (χ0n) is 17.9. The Morgan fingerprint density at radius 1 is 1.23 bits per heavy atom. The molecule has 6 heteroatoms. The van der Waals surface area contributed by atoms with Gasteiger partial charge in [0.1, 0.15) is 0 Å². The average Bonchev–Trinajstić information content (AvgIpc) is 2.75. The molecule has 30 heavy (non-hydrogen) atoms. The van der Waals surface area contributed by atoms with E-state index in [0.717, 1.165) is 48.4 Å². The summed E-state index contributed by atoms with van der Waals surface area (Å²) < 4.78 is 0. The molecule has 4 N–H and O–H groups in total. The van der Waals surface area contributed by atoms with Crippen molar-refractivity contribution in [2.45, 2.75) is 44.6 Å². The highest BCUT2D eigenvalue weighted by Gasteiger charge is 2.30. The van der Waals surface area contributed by atoms with Crippen molar-refractivity contribution in [3.8, 4) is 0 Å². The fraction of sp³-hybridized carbons (Fsp3) is 0.417. The van der Waals surface area contributed by atoms with Crippen LogP contribution in [0.25, 0.3) is 0 Å². The maximum absolute atomic E-state index is 7.45. The van der Waals surface area contributed by atoms with E-state index in [4.69, 9.17) is 16.1 Å². The lowest BCUT2D eigenvalue weighted by Crippen LogP contribution is -2.51. The van der Waals surface area contributed by atoms with Gasteiger partial charge < -0.3 is 21.4 Å². The molecule has 6 nitrogen and oxygen atoms in total. The first-order chi connectivity index (χ1) is 14.5. The zero-order chi connectivity index (χ0) is 21.1. The highest BCUT2D eigenvalue weighted by atomic mass is 15.4. The monoisotopic (exact) mass is 404 g/mol. The second-order valence-corrected chi connectivity index (χ2v) is 8.44. The van der Waals surface area contributed by atoms with Gasteiger partial charge in [-0.25, -0.2) is 4.99 Å². The summed E-state index contributed by atoms with van der Waals surface area (Å²) in [6, 6.07) is 9.06. The van der Waals surface area contributed by atoms with Crippen molar-refractivity contribution in [3.05, 3.63) is 71.1 Å². The number of nitrogens with zero attached hydrogens (tertiary/aromatic N) is 3. The Labute approximate surface area is 179 Å². The van der Waals surface area contributed by atoms with Crippen molar-refractivity contribution in [1.82, 2.24) is 15.1 Å². The summed E-state index contributed by atoms with van der Waals surface area (Å²) >= 11 is 0. The van der Waals surface area contributed by atoms with Crippen LogP contribution in [0.5, 0.6) is 0 Å². The number of dihydropyridines is 1. The quantitative estimate of drug-likeness (QED) is 0.659. The summed E-state index contributed by atoms with van der Waals surface area (Å²) in [5.41, 5.74) is 11.8. The number of hydrogen-bond acceptors (Lipinski definition) is 6. The standard InChI is InChI=1S/C24H32N6/c1-17-3-5-18(6-4-17)23-22(19-8-12-27-21(15-19)7-11-25)16-29(2)24(28-23)30-13-9-20(26)10-14-30/h3-6,8,11-12,15-16,20-21,24-25,27H,7,9-10,13-14,26H2,1-2H3. The summed E-state index contributed by atoms with van der Waals surface area (Å²) in [6.45, 7) is 4.05. The van der Waals surface area contributed by atoms with Crippen LogP contribution in [0, 0.1) is 12.3 Å². The average molecular weight is 405 g/mol. The van der Waals surface area contributed by atoms with Gasteiger partial charge in [0, 0.05) is 56.0 Å². The SMILES string of the molecule is Cc1ccc(C2=NC(N3CCC(N)CC3)N(C)C=C2C2=CC(CC=N)NC=C2)cc1. The number of rotatable bonds is 5. The lowest BCUT2D eigenvalue weighted by Gasteiger charge is -2.41. The van der Waals surface area contributed by atoms with E-state index in [2.05, 4.69) is 71.7 Å². The lowest BCUT2D eigenvalue weighted by atomic mass is 9.92. The molecule has 3 aliphatic heterocycles. The first kappa shape index (κ1) is 20.6. The molecule has 3 aliphatic rings. The molecule has 0 radical (unpaired) electrons. The summed E-state index contributed by atoms with van der Waals surface area (Å²) in [7, 11) is 2.11. The van der Waals surface area contributed by atoms with Crippen molar-refractivity contribution >= 4 is 11.9 Å². The molecule has 1 aromatic carbocycles. The predicted octanol–water partition coefficient (Wildman–Crippen LogP) is 2.77. The summed E-state index contributed by atoms with van der Waals surface area (Å²) in [5.74, 6) is 0. The Kier molecular flexibility index (Phi) is 6.16. The maximum Gasteiger partial charge on any atom is 0.178 e. The van der Waals surface area contributed by atoms with E-state index in [9.17, 15) is 0 Å². The molecule has 1 aromatic rings. The van der Waals surface area contributed by atoms with Gasteiger partial charge in [-0.1, -0.05) is 35.9 Å². The highest BCUT2D eigenvalue weighted by molar-refractivity contribution is 6.16. The van der Waals surface area contributed by atoms with Crippen LogP contribution in [0.2, 0.25) is 0 Å². The minimum atomic E-state index is -0.0128. The van der Waals surface area contributed by atoms with Crippen molar-refractivity contribution in [2.24, 2.45) is 10.7 Å². The van der Waals surface area contributed by atoms with E-state index in [1.165, 1.54) is 11.8 Å². The first-order valence-corrected chi connectivity index (χ1v) is 10.8. The fourth-order valence-electron chi connectivity index (χ4n) is 4.27. The van der Waals surface area contributed by atoms with Crippen LogP contribution < -0.4 is 11.1 Å². The number of allylic oxidation sites excluding steroid dienone is 3. The van der Waals surface area contributed by atoms with Crippen LogP contribution in [0.4, 0.5) is 0 Å². The molecule has 1 saturated heterocycles. The largest absolute Gasteiger partial charge is 0.384 e.